The van der Waals surface area contributed by atoms with E-state index in [4.69, 9.17) is 4.74 Å². The van der Waals surface area contributed by atoms with Gasteiger partial charge in [0.1, 0.15) is 0 Å². The molecule has 0 unspecified atom stereocenters. The number of hydrogen-bond acceptors (Lipinski definition) is 3. The first kappa shape index (κ1) is 22.1. The van der Waals surface area contributed by atoms with Crippen LogP contribution in [0, 0.1) is 12.7 Å². The number of methoxy groups -OCH3 is 1. The van der Waals surface area contributed by atoms with E-state index in [1.54, 1.807) is 12.1 Å². The Kier molecular flexibility index (Phi) is 8.08. The lowest BCUT2D eigenvalue weighted by Crippen LogP contribution is -2.48. The van der Waals surface area contributed by atoms with Gasteiger partial charge in [0.15, 0.2) is 17.5 Å². The number of hydrogen-bond donors (Lipinski definition) is 2. The Morgan fingerprint density at radius 3 is 2.47 bits per heavy atom. The van der Waals surface area contributed by atoms with Crippen LogP contribution in [0.15, 0.2) is 47.5 Å². The third kappa shape index (κ3) is 6.46. The Labute approximate surface area is 179 Å². The Morgan fingerprint density at radius 2 is 1.83 bits per heavy atom. The molecule has 1 aliphatic rings. The SMILES string of the molecule is CN=C(NCCc1ccc(C)cc1)NC1CCN(Cc2ccc(OC)c(F)c2)CC1. The summed E-state index contributed by atoms with van der Waals surface area (Å²) >= 11 is 0. The topological polar surface area (TPSA) is 48.9 Å². The molecule has 1 saturated heterocycles. The van der Waals surface area contributed by atoms with Crippen molar-refractivity contribution in [1.29, 1.82) is 0 Å². The standard InChI is InChI=1S/C24H33FN4O/c1-18-4-6-19(7-5-18)10-13-27-24(26-2)28-21-11-14-29(15-12-21)17-20-8-9-23(30-3)22(25)16-20/h4-9,16,21H,10-15,17H2,1-3H3,(H2,26,27,28). The highest BCUT2D eigenvalue weighted by Gasteiger charge is 2.20. The fourth-order valence-electron chi connectivity index (χ4n) is 3.77. The molecule has 0 spiro atoms. The smallest absolute Gasteiger partial charge is 0.191 e. The predicted octanol–water partition coefficient (Wildman–Crippen LogP) is 3.51. The third-order valence-electron chi connectivity index (χ3n) is 5.60. The van der Waals surface area contributed by atoms with Gasteiger partial charge in [-0.25, -0.2) is 4.39 Å². The lowest BCUT2D eigenvalue weighted by Gasteiger charge is -2.33. The van der Waals surface area contributed by atoms with Gasteiger partial charge in [-0.2, -0.15) is 0 Å². The Hall–Kier alpha value is -2.60. The number of ether oxygens (including phenoxy) is 1. The normalized spacial score (nSPS) is 15.8. The molecular weight excluding hydrogens is 379 g/mol. The second-order valence-electron chi connectivity index (χ2n) is 7.90. The van der Waals surface area contributed by atoms with Gasteiger partial charge in [0.05, 0.1) is 7.11 Å². The molecule has 0 aliphatic carbocycles. The Morgan fingerprint density at radius 1 is 1.13 bits per heavy atom. The summed E-state index contributed by atoms with van der Waals surface area (Å²) in [6, 6.07) is 14.3. The summed E-state index contributed by atoms with van der Waals surface area (Å²) in [4.78, 5) is 6.74. The van der Waals surface area contributed by atoms with Crippen LogP contribution in [0.1, 0.15) is 29.5 Å². The first-order valence-corrected chi connectivity index (χ1v) is 10.6. The van der Waals surface area contributed by atoms with Gasteiger partial charge in [0, 0.05) is 39.3 Å². The molecule has 6 heteroatoms. The molecule has 2 N–H and O–H groups in total. The number of guanidine groups is 1. The Balaban J connectivity index is 1.39. The number of likely N-dealkylation sites (tertiary alicyclic amines) is 1. The Bertz CT molecular complexity index is 830. The van der Waals surface area contributed by atoms with Crippen LogP contribution >= 0.6 is 0 Å². The molecule has 2 aromatic rings. The number of aliphatic imine (C=N–C) groups is 1. The maximum Gasteiger partial charge on any atom is 0.191 e. The van der Waals surface area contributed by atoms with Crippen LogP contribution in [-0.4, -0.2) is 50.7 Å². The zero-order valence-electron chi connectivity index (χ0n) is 18.2. The van der Waals surface area contributed by atoms with E-state index in [0.717, 1.165) is 57.0 Å². The fourth-order valence-corrected chi connectivity index (χ4v) is 3.77. The number of aryl methyl sites for hydroxylation is 1. The fraction of sp³-hybridized carbons (Fsp3) is 0.458. The van der Waals surface area contributed by atoms with E-state index in [0.29, 0.717) is 11.8 Å². The summed E-state index contributed by atoms with van der Waals surface area (Å²) in [7, 11) is 3.30. The molecule has 1 aliphatic heterocycles. The molecule has 0 atom stereocenters. The molecule has 3 rings (SSSR count). The van der Waals surface area contributed by atoms with Gasteiger partial charge in [-0.3, -0.25) is 9.89 Å². The third-order valence-corrected chi connectivity index (χ3v) is 5.60. The predicted molar refractivity (Wildman–Crippen MR) is 121 cm³/mol. The zero-order chi connectivity index (χ0) is 21.3. The highest BCUT2D eigenvalue weighted by atomic mass is 19.1. The lowest BCUT2D eigenvalue weighted by atomic mass is 10.0. The second-order valence-corrected chi connectivity index (χ2v) is 7.90. The van der Waals surface area contributed by atoms with Crippen molar-refractivity contribution >= 4 is 5.96 Å². The molecular formula is C24H33FN4O. The summed E-state index contributed by atoms with van der Waals surface area (Å²) in [5.74, 6) is 0.854. The minimum absolute atomic E-state index is 0.294. The number of benzene rings is 2. The van der Waals surface area contributed by atoms with Gasteiger partial charge in [-0.1, -0.05) is 35.9 Å². The van der Waals surface area contributed by atoms with Crippen LogP contribution in [0.25, 0.3) is 0 Å². The van der Waals surface area contributed by atoms with E-state index >= 15 is 0 Å². The van der Waals surface area contributed by atoms with E-state index in [-0.39, 0.29) is 5.82 Å². The zero-order valence-corrected chi connectivity index (χ0v) is 18.2. The summed E-state index contributed by atoms with van der Waals surface area (Å²) in [5, 5.41) is 6.96. The summed E-state index contributed by atoms with van der Waals surface area (Å²) in [6.07, 6.45) is 3.05. The minimum atomic E-state index is -0.299. The van der Waals surface area contributed by atoms with Gasteiger partial charge >= 0.3 is 0 Å². The number of piperidine rings is 1. The first-order chi connectivity index (χ1) is 14.6. The van der Waals surface area contributed by atoms with Crippen molar-refractivity contribution < 1.29 is 9.13 Å². The van der Waals surface area contributed by atoms with Crippen LogP contribution in [0.2, 0.25) is 0 Å². The van der Waals surface area contributed by atoms with Gasteiger partial charge in [-0.15, -0.1) is 0 Å². The van der Waals surface area contributed by atoms with Crippen molar-refractivity contribution in [2.45, 2.75) is 38.8 Å². The molecule has 162 valence electrons. The molecule has 0 aromatic heterocycles. The van der Waals surface area contributed by atoms with Crippen molar-refractivity contribution in [3.05, 3.63) is 65.0 Å². The van der Waals surface area contributed by atoms with E-state index in [2.05, 4.69) is 51.7 Å². The number of nitrogens with zero attached hydrogens (tertiary/aromatic N) is 2. The van der Waals surface area contributed by atoms with E-state index < -0.39 is 0 Å². The maximum atomic E-state index is 13.9. The van der Waals surface area contributed by atoms with Crippen LogP contribution in [0.3, 0.4) is 0 Å². The van der Waals surface area contributed by atoms with Crippen LogP contribution in [-0.2, 0) is 13.0 Å². The molecule has 1 heterocycles. The highest BCUT2D eigenvalue weighted by molar-refractivity contribution is 5.79. The van der Waals surface area contributed by atoms with Gasteiger partial charge in [0.2, 0.25) is 0 Å². The molecule has 0 amide bonds. The number of rotatable bonds is 7. The lowest BCUT2D eigenvalue weighted by molar-refractivity contribution is 0.198. The molecule has 0 radical (unpaired) electrons. The van der Waals surface area contributed by atoms with Crippen molar-refractivity contribution in [2.75, 3.05) is 33.8 Å². The molecule has 0 bridgehead atoms. The van der Waals surface area contributed by atoms with E-state index in [1.807, 2.05) is 13.1 Å². The monoisotopic (exact) mass is 412 g/mol. The minimum Gasteiger partial charge on any atom is -0.494 e. The summed E-state index contributed by atoms with van der Waals surface area (Å²) in [5.41, 5.74) is 3.59. The highest BCUT2D eigenvalue weighted by Crippen LogP contribution is 2.20. The van der Waals surface area contributed by atoms with Crippen molar-refractivity contribution in [3.8, 4) is 5.75 Å². The van der Waals surface area contributed by atoms with Crippen LogP contribution in [0.4, 0.5) is 4.39 Å². The molecule has 0 saturated carbocycles. The van der Waals surface area contributed by atoms with Crippen molar-refractivity contribution in [2.24, 2.45) is 4.99 Å². The summed E-state index contributed by atoms with van der Waals surface area (Å²) in [6.45, 7) is 5.67. The largest absolute Gasteiger partial charge is 0.494 e. The van der Waals surface area contributed by atoms with Crippen molar-refractivity contribution in [3.63, 3.8) is 0 Å². The van der Waals surface area contributed by atoms with Crippen molar-refractivity contribution in [1.82, 2.24) is 15.5 Å². The number of halogens is 1. The van der Waals surface area contributed by atoms with Crippen LogP contribution < -0.4 is 15.4 Å². The second kappa shape index (κ2) is 11.0. The summed E-state index contributed by atoms with van der Waals surface area (Å²) < 4.78 is 18.9. The van der Waals surface area contributed by atoms with Gasteiger partial charge < -0.3 is 15.4 Å². The molecule has 2 aromatic carbocycles. The van der Waals surface area contributed by atoms with Gasteiger partial charge in [0.25, 0.3) is 0 Å². The molecule has 1 fully saturated rings. The van der Waals surface area contributed by atoms with Crippen LogP contribution in [0.5, 0.6) is 5.75 Å². The average Bonchev–Trinajstić information content (AvgIpc) is 2.76. The van der Waals surface area contributed by atoms with E-state index in [1.165, 1.54) is 18.2 Å². The first-order valence-electron chi connectivity index (χ1n) is 10.6. The number of nitrogens with one attached hydrogen (secondary N) is 2. The quantitative estimate of drug-likeness (QED) is 0.540. The average molecular weight is 413 g/mol. The van der Waals surface area contributed by atoms with Gasteiger partial charge in [-0.05, 0) is 49.4 Å². The molecule has 5 nitrogen and oxygen atoms in total. The van der Waals surface area contributed by atoms with E-state index in [9.17, 15) is 4.39 Å². The molecule has 30 heavy (non-hydrogen) atoms. The maximum absolute atomic E-state index is 13.9.